The molecule has 0 fully saturated rings. The van der Waals surface area contributed by atoms with E-state index >= 15 is 0 Å². The quantitative estimate of drug-likeness (QED) is 0.718. The number of nitrogens with two attached hydrogens (primary N) is 1. The van der Waals surface area contributed by atoms with Crippen LogP contribution in [0.15, 0.2) is 22.7 Å². The SMILES string of the molecule is CCCCC(CC)C(=O)Nc1ccc(C(N)=S)cc1Br. The van der Waals surface area contributed by atoms with Gasteiger partial charge in [0.15, 0.2) is 0 Å². The van der Waals surface area contributed by atoms with E-state index in [1.165, 1.54) is 0 Å². The van der Waals surface area contributed by atoms with E-state index in [1.807, 2.05) is 25.1 Å². The van der Waals surface area contributed by atoms with Crippen molar-refractivity contribution in [2.45, 2.75) is 39.5 Å². The van der Waals surface area contributed by atoms with Crippen LogP contribution in [0.25, 0.3) is 0 Å². The predicted octanol–water partition coefficient (Wildman–Crippen LogP) is 4.24. The second-order valence-electron chi connectivity index (χ2n) is 4.80. The average Bonchev–Trinajstić information content (AvgIpc) is 2.41. The molecule has 3 N–H and O–H groups in total. The van der Waals surface area contributed by atoms with E-state index in [1.54, 1.807) is 0 Å². The van der Waals surface area contributed by atoms with Crippen molar-refractivity contribution in [2.24, 2.45) is 11.7 Å². The number of hydrogen-bond donors (Lipinski definition) is 2. The van der Waals surface area contributed by atoms with Crippen LogP contribution in [0.3, 0.4) is 0 Å². The molecule has 1 rings (SSSR count). The molecule has 1 unspecified atom stereocenters. The van der Waals surface area contributed by atoms with Crippen LogP contribution in [-0.4, -0.2) is 10.9 Å². The molecule has 1 atom stereocenters. The molecule has 0 bridgehead atoms. The van der Waals surface area contributed by atoms with Crippen molar-refractivity contribution in [3.05, 3.63) is 28.2 Å². The smallest absolute Gasteiger partial charge is 0.227 e. The van der Waals surface area contributed by atoms with Gasteiger partial charge >= 0.3 is 0 Å². The maximum Gasteiger partial charge on any atom is 0.227 e. The molecular formula is C15H21BrN2OS. The van der Waals surface area contributed by atoms with Crippen molar-refractivity contribution in [1.29, 1.82) is 0 Å². The molecule has 0 aliphatic rings. The van der Waals surface area contributed by atoms with Crippen LogP contribution in [0.5, 0.6) is 0 Å². The number of amides is 1. The van der Waals surface area contributed by atoms with Crippen LogP contribution in [0.4, 0.5) is 5.69 Å². The molecule has 0 saturated carbocycles. The summed E-state index contributed by atoms with van der Waals surface area (Å²) in [6, 6.07) is 5.46. The molecule has 0 aliphatic heterocycles. The Morgan fingerprint density at radius 2 is 2.15 bits per heavy atom. The lowest BCUT2D eigenvalue weighted by Crippen LogP contribution is -2.22. The Morgan fingerprint density at radius 1 is 1.45 bits per heavy atom. The maximum absolute atomic E-state index is 12.2. The van der Waals surface area contributed by atoms with Gasteiger partial charge in [-0.05, 0) is 47.0 Å². The van der Waals surface area contributed by atoms with Crippen LogP contribution in [-0.2, 0) is 4.79 Å². The second-order valence-corrected chi connectivity index (χ2v) is 6.09. The second kappa shape index (κ2) is 8.37. The fourth-order valence-corrected chi connectivity index (χ4v) is 2.58. The van der Waals surface area contributed by atoms with E-state index in [2.05, 4.69) is 28.2 Å². The topological polar surface area (TPSA) is 55.1 Å². The molecule has 110 valence electrons. The summed E-state index contributed by atoms with van der Waals surface area (Å²) in [5, 5.41) is 2.97. The molecular weight excluding hydrogens is 336 g/mol. The molecule has 0 radical (unpaired) electrons. The molecule has 0 aromatic heterocycles. The Balaban J connectivity index is 2.76. The third-order valence-electron chi connectivity index (χ3n) is 3.28. The van der Waals surface area contributed by atoms with Gasteiger partial charge in [0.05, 0.1) is 5.69 Å². The van der Waals surface area contributed by atoms with Crippen molar-refractivity contribution in [2.75, 3.05) is 5.32 Å². The summed E-state index contributed by atoms with van der Waals surface area (Å²) in [5.41, 5.74) is 7.12. The largest absolute Gasteiger partial charge is 0.389 e. The Hall–Kier alpha value is -0.940. The number of nitrogens with one attached hydrogen (secondary N) is 1. The third-order valence-corrected chi connectivity index (χ3v) is 4.17. The van der Waals surface area contributed by atoms with Crippen molar-refractivity contribution in [3.63, 3.8) is 0 Å². The van der Waals surface area contributed by atoms with Crippen molar-refractivity contribution >= 4 is 44.7 Å². The lowest BCUT2D eigenvalue weighted by molar-refractivity contribution is -0.120. The first-order valence-corrected chi connectivity index (χ1v) is 8.09. The molecule has 0 saturated heterocycles. The highest BCUT2D eigenvalue weighted by atomic mass is 79.9. The van der Waals surface area contributed by atoms with Gasteiger partial charge < -0.3 is 11.1 Å². The number of anilines is 1. The molecule has 20 heavy (non-hydrogen) atoms. The van der Waals surface area contributed by atoms with E-state index in [4.69, 9.17) is 18.0 Å². The van der Waals surface area contributed by atoms with Gasteiger partial charge in [0, 0.05) is 16.0 Å². The average molecular weight is 357 g/mol. The van der Waals surface area contributed by atoms with Crippen LogP contribution in [0.1, 0.15) is 45.1 Å². The first kappa shape index (κ1) is 17.1. The summed E-state index contributed by atoms with van der Waals surface area (Å²) < 4.78 is 0.793. The highest BCUT2D eigenvalue weighted by Gasteiger charge is 2.17. The highest BCUT2D eigenvalue weighted by Crippen LogP contribution is 2.25. The van der Waals surface area contributed by atoms with Crippen molar-refractivity contribution in [1.82, 2.24) is 0 Å². The van der Waals surface area contributed by atoms with Crippen LogP contribution < -0.4 is 11.1 Å². The van der Waals surface area contributed by atoms with E-state index in [-0.39, 0.29) is 11.8 Å². The third kappa shape index (κ3) is 4.87. The van der Waals surface area contributed by atoms with Crippen LogP contribution in [0, 0.1) is 5.92 Å². The van der Waals surface area contributed by atoms with Gasteiger partial charge in [-0.3, -0.25) is 4.79 Å². The standard InChI is InChI=1S/C15H21BrN2OS/c1-3-5-6-10(4-2)15(19)18-13-8-7-11(14(17)20)9-12(13)16/h7-10H,3-6H2,1-2H3,(H2,17,20)(H,18,19). The zero-order valence-electron chi connectivity index (χ0n) is 11.9. The van der Waals surface area contributed by atoms with E-state index in [0.29, 0.717) is 4.99 Å². The number of benzene rings is 1. The lowest BCUT2D eigenvalue weighted by Gasteiger charge is -2.15. The Bertz CT molecular complexity index is 491. The lowest BCUT2D eigenvalue weighted by atomic mass is 9.98. The monoisotopic (exact) mass is 356 g/mol. The van der Waals surface area contributed by atoms with E-state index in [9.17, 15) is 4.79 Å². The van der Waals surface area contributed by atoms with Crippen LogP contribution >= 0.6 is 28.1 Å². The molecule has 1 aromatic carbocycles. The molecule has 0 aliphatic carbocycles. The highest BCUT2D eigenvalue weighted by molar-refractivity contribution is 9.10. The maximum atomic E-state index is 12.2. The number of rotatable bonds is 7. The van der Waals surface area contributed by atoms with Gasteiger partial charge in [0.2, 0.25) is 5.91 Å². The number of halogens is 1. The van der Waals surface area contributed by atoms with Gasteiger partial charge in [-0.25, -0.2) is 0 Å². The van der Waals surface area contributed by atoms with E-state index < -0.39 is 0 Å². The van der Waals surface area contributed by atoms with Gasteiger partial charge in [0.25, 0.3) is 0 Å². The Kier molecular flexibility index (Phi) is 7.16. The van der Waals surface area contributed by atoms with Crippen molar-refractivity contribution < 1.29 is 4.79 Å². The van der Waals surface area contributed by atoms with E-state index in [0.717, 1.165) is 41.4 Å². The fraction of sp³-hybridized carbons (Fsp3) is 0.467. The zero-order chi connectivity index (χ0) is 15.1. The van der Waals surface area contributed by atoms with Crippen molar-refractivity contribution in [3.8, 4) is 0 Å². The minimum Gasteiger partial charge on any atom is -0.389 e. The van der Waals surface area contributed by atoms with Crippen LogP contribution in [0.2, 0.25) is 0 Å². The Labute approximate surface area is 134 Å². The molecule has 0 heterocycles. The number of thiocarbonyl (C=S) groups is 1. The minimum absolute atomic E-state index is 0.0668. The molecule has 5 heteroatoms. The number of carbonyl (C=O) groups excluding carboxylic acids is 1. The van der Waals surface area contributed by atoms with Gasteiger partial charge in [-0.15, -0.1) is 0 Å². The number of unbranched alkanes of at least 4 members (excludes halogenated alkanes) is 1. The number of carbonyl (C=O) groups is 1. The van der Waals surface area contributed by atoms with Gasteiger partial charge in [-0.2, -0.15) is 0 Å². The molecule has 0 spiro atoms. The normalized spacial score (nSPS) is 11.9. The summed E-state index contributed by atoms with van der Waals surface area (Å²) in [5.74, 6) is 0.141. The number of hydrogen-bond acceptors (Lipinski definition) is 2. The summed E-state index contributed by atoms with van der Waals surface area (Å²) in [4.78, 5) is 12.6. The predicted molar refractivity (Wildman–Crippen MR) is 92.0 cm³/mol. The van der Waals surface area contributed by atoms with Gasteiger partial charge in [-0.1, -0.05) is 38.9 Å². The first-order valence-electron chi connectivity index (χ1n) is 6.89. The summed E-state index contributed by atoms with van der Waals surface area (Å²) in [6.45, 7) is 4.18. The fourth-order valence-electron chi connectivity index (χ4n) is 1.98. The first-order chi connectivity index (χ1) is 9.49. The molecule has 1 amide bonds. The summed E-state index contributed by atoms with van der Waals surface area (Å²) >= 11 is 8.37. The summed E-state index contributed by atoms with van der Waals surface area (Å²) in [7, 11) is 0. The molecule has 1 aromatic rings. The zero-order valence-corrected chi connectivity index (χ0v) is 14.3. The summed E-state index contributed by atoms with van der Waals surface area (Å²) in [6.07, 6.45) is 3.97. The van der Waals surface area contributed by atoms with Gasteiger partial charge in [0.1, 0.15) is 4.99 Å². The minimum atomic E-state index is 0.0668. The Morgan fingerprint density at radius 3 is 2.65 bits per heavy atom. The molecule has 3 nitrogen and oxygen atoms in total.